The summed E-state index contributed by atoms with van der Waals surface area (Å²) in [7, 11) is 0. The van der Waals surface area contributed by atoms with E-state index >= 15 is 0 Å². The molecule has 0 saturated carbocycles. The lowest BCUT2D eigenvalue weighted by molar-refractivity contribution is 0.0950. The minimum Gasteiger partial charge on any atom is -0.378 e. The molecule has 0 unspecified atom stereocenters. The topological polar surface area (TPSA) is 54.5 Å². The van der Waals surface area contributed by atoms with Crippen LogP contribution in [0.1, 0.15) is 15.9 Å². The second-order valence-corrected chi connectivity index (χ2v) is 5.19. The van der Waals surface area contributed by atoms with Gasteiger partial charge in [0.2, 0.25) is 0 Å². The number of ether oxygens (including phenoxy) is 1. The summed E-state index contributed by atoms with van der Waals surface area (Å²) >= 11 is 0. The van der Waals surface area contributed by atoms with Crippen LogP contribution in [0.15, 0.2) is 48.8 Å². The van der Waals surface area contributed by atoms with Crippen LogP contribution in [0.25, 0.3) is 0 Å². The fourth-order valence-electron chi connectivity index (χ4n) is 2.43. The van der Waals surface area contributed by atoms with Gasteiger partial charge in [-0.15, -0.1) is 0 Å². The molecule has 0 bridgehead atoms. The van der Waals surface area contributed by atoms with Crippen molar-refractivity contribution in [2.75, 3.05) is 31.2 Å². The number of carbonyl (C=O) groups excluding carboxylic acids is 1. The number of amides is 1. The number of anilines is 1. The first-order valence-electron chi connectivity index (χ1n) is 7.43. The van der Waals surface area contributed by atoms with E-state index in [1.165, 1.54) is 5.69 Å². The molecule has 0 aliphatic carbocycles. The van der Waals surface area contributed by atoms with Crippen LogP contribution in [0, 0.1) is 0 Å². The van der Waals surface area contributed by atoms with E-state index in [4.69, 9.17) is 4.74 Å². The van der Waals surface area contributed by atoms with Gasteiger partial charge in [0.25, 0.3) is 5.91 Å². The Labute approximate surface area is 129 Å². The summed E-state index contributed by atoms with van der Waals surface area (Å²) in [5.41, 5.74) is 2.85. The third-order valence-electron chi connectivity index (χ3n) is 3.69. The molecule has 1 aromatic heterocycles. The van der Waals surface area contributed by atoms with Gasteiger partial charge in [-0.05, 0) is 29.8 Å². The van der Waals surface area contributed by atoms with Crippen molar-refractivity contribution in [2.45, 2.75) is 6.54 Å². The molecule has 1 amide bonds. The van der Waals surface area contributed by atoms with E-state index < -0.39 is 0 Å². The van der Waals surface area contributed by atoms with Crippen molar-refractivity contribution in [1.82, 2.24) is 10.3 Å². The summed E-state index contributed by atoms with van der Waals surface area (Å²) in [6, 6.07) is 11.8. The van der Waals surface area contributed by atoms with Crippen molar-refractivity contribution < 1.29 is 9.53 Å². The summed E-state index contributed by atoms with van der Waals surface area (Å²) in [6.45, 7) is 3.93. The van der Waals surface area contributed by atoms with Crippen molar-refractivity contribution in [3.8, 4) is 0 Å². The maximum Gasteiger partial charge on any atom is 0.253 e. The molecule has 1 aliphatic heterocycles. The van der Waals surface area contributed by atoms with Gasteiger partial charge in [0, 0.05) is 37.7 Å². The third-order valence-corrected chi connectivity index (χ3v) is 3.69. The molecular formula is C17H19N3O2. The first-order valence-corrected chi connectivity index (χ1v) is 7.43. The second-order valence-electron chi connectivity index (χ2n) is 5.19. The number of benzene rings is 1. The number of rotatable bonds is 4. The van der Waals surface area contributed by atoms with Gasteiger partial charge in [-0.25, -0.2) is 0 Å². The number of aromatic nitrogens is 1. The van der Waals surface area contributed by atoms with Gasteiger partial charge in [-0.2, -0.15) is 0 Å². The molecule has 1 N–H and O–H groups in total. The molecule has 1 aromatic carbocycles. The monoisotopic (exact) mass is 297 g/mol. The molecule has 0 atom stereocenters. The number of pyridine rings is 1. The molecular weight excluding hydrogens is 278 g/mol. The van der Waals surface area contributed by atoms with Crippen LogP contribution in [-0.4, -0.2) is 37.2 Å². The Kier molecular flexibility index (Phi) is 4.65. The summed E-state index contributed by atoms with van der Waals surface area (Å²) in [6.07, 6.45) is 3.22. The van der Waals surface area contributed by atoms with Gasteiger partial charge in [0.15, 0.2) is 0 Å². The zero-order valence-electron chi connectivity index (χ0n) is 12.4. The Hall–Kier alpha value is -2.40. The highest BCUT2D eigenvalue weighted by atomic mass is 16.5. The average molecular weight is 297 g/mol. The Morgan fingerprint density at radius 1 is 1.18 bits per heavy atom. The van der Waals surface area contributed by atoms with Gasteiger partial charge < -0.3 is 15.0 Å². The molecule has 5 heteroatoms. The molecule has 0 spiro atoms. The summed E-state index contributed by atoms with van der Waals surface area (Å²) in [5, 5.41) is 2.90. The zero-order chi connectivity index (χ0) is 15.2. The van der Waals surface area contributed by atoms with E-state index in [9.17, 15) is 4.79 Å². The highest BCUT2D eigenvalue weighted by Gasteiger charge is 2.11. The minimum absolute atomic E-state index is 0.106. The van der Waals surface area contributed by atoms with Crippen LogP contribution in [0.5, 0.6) is 0 Å². The average Bonchev–Trinajstić information content (AvgIpc) is 2.61. The summed E-state index contributed by atoms with van der Waals surface area (Å²) in [5.74, 6) is -0.106. The highest BCUT2D eigenvalue weighted by Crippen LogP contribution is 2.16. The van der Waals surface area contributed by atoms with E-state index in [-0.39, 0.29) is 5.91 Å². The molecule has 3 rings (SSSR count). The van der Waals surface area contributed by atoms with Crippen molar-refractivity contribution in [3.63, 3.8) is 0 Å². The molecule has 0 radical (unpaired) electrons. The van der Waals surface area contributed by atoms with Crippen molar-refractivity contribution in [2.24, 2.45) is 0 Å². The third kappa shape index (κ3) is 3.62. The fourth-order valence-corrected chi connectivity index (χ4v) is 2.43. The molecule has 1 saturated heterocycles. The molecule has 22 heavy (non-hydrogen) atoms. The van der Waals surface area contributed by atoms with Gasteiger partial charge in [0.1, 0.15) is 0 Å². The zero-order valence-corrected chi connectivity index (χ0v) is 12.4. The maximum atomic E-state index is 12.0. The van der Waals surface area contributed by atoms with Crippen molar-refractivity contribution in [3.05, 3.63) is 59.9 Å². The van der Waals surface area contributed by atoms with Gasteiger partial charge in [0.05, 0.1) is 18.8 Å². The number of hydrogen-bond donors (Lipinski definition) is 1. The standard InChI is InChI=1S/C17H19N3O2/c21-17(15-2-1-7-18-13-15)19-12-14-3-5-16(6-4-14)20-8-10-22-11-9-20/h1-7,13H,8-12H2,(H,19,21). The number of hydrogen-bond acceptors (Lipinski definition) is 4. The smallest absolute Gasteiger partial charge is 0.253 e. The van der Waals surface area contributed by atoms with E-state index in [0.717, 1.165) is 31.9 Å². The Bertz CT molecular complexity index is 608. The number of carbonyl (C=O) groups is 1. The first-order chi connectivity index (χ1) is 10.8. The van der Waals surface area contributed by atoms with Crippen LogP contribution in [0.4, 0.5) is 5.69 Å². The lowest BCUT2D eigenvalue weighted by Gasteiger charge is -2.28. The highest BCUT2D eigenvalue weighted by molar-refractivity contribution is 5.93. The lowest BCUT2D eigenvalue weighted by Crippen LogP contribution is -2.36. The molecule has 2 heterocycles. The number of nitrogens with zero attached hydrogens (tertiary/aromatic N) is 2. The van der Waals surface area contributed by atoms with Gasteiger partial charge >= 0.3 is 0 Å². The fraction of sp³-hybridized carbons (Fsp3) is 0.294. The molecule has 2 aromatic rings. The Morgan fingerprint density at radius 2 is 1.95 bits per heavy atom. The van der Waals surface area contributed by atoms with Crippen LogP contribution >= 0.6 is 0 Å². The normalized spacial score (nSPS) is 14.6. The van der Waals surface area contributed by atoms with Gasteiger partial charge in [-0.3, -0.25) is 9.78 Å². The molecule has 1 fully saturated rings. The molecule has 5 nitrogen and oxygen atoms in total. The quantitative estimate of drug-likeness (QED) is 0.936. The van der Waals surface area contributed by atoms with Crippen molar-refractivity contribution in [1.29, 1.82) is 0 Å². The first kappa shape index (κ1) is 14.5. The van der Waals surface area contributed by atoms with Crippen LogP contribution < -0.4 is 10.2 Å². The Balaban J connectivity index is 1.56. The van der Waals surface area contributed by atoms with Crippen LogP contribution in [-0.2, 0) is 11.3 Å². The summed E-state index contributed by atoms with van der Waals surface area (Å²) in [4.78, 5) is 18.2. The SMILES string of the molecule is O=C(NCc1ccc(N2CCOCC2)cc1)c1cccnc1. The Morgan fingerprint density at radius 3 is 2.64 bits per heavy atom. The number of nitrogens with one attached hydrogen (secondary N) is 1. The van der Waals surface area contributed by atoms with E-state index in [0.29, 0.717) is 12.1 Å². The second kappa shape index (κ2) is 7.04. The van der Waals surface area contributed by atoms with E-state index in [1.807, 2.05) is 12.1 Å². The van der Waals surface area contributed by atoms with E-state index in [1.54, 1.807) is 24.5 Å². The van der Waals surface area contributed by atoms with Crippen molar-refractivity contribution >= 4 is 11.6 Å². The summed E-state index contributed by atoms with van der Waals surface area (Å²) < 4.78 is 5.36. The largest absolute Gasteiger partial charge is 0.378 e. The minimum atomic E-state index is -0.106. The maximum absolute atomic E-state index is 12.0. The predicted molar refractivity (Wildman–Crippen MR) is 84.9 cm³/mol. The number of morpholine rings is 1. The lowest BCUT2D eigenvalue weighted by atomic mass is 10.2. The molecule has 1 aliphatic rings. The van der Waals surface area contributed by atoms with Crippen LogP contribution in [0.3, 0.4) is 0 Å². The van der Waals surface area contributed by atoms with E-state index in [2.05, 4.69) is 27.3 Å². The van der Waals surface area contributed by atoms with Crippen LogP contribution in [0.2, 0.25) is 0 Å². The predicted octanol–water partition coefficient (Wildman–Crippen LogP) is 1.85. The van der Waals surface area contributed by atoms with Gasteiger partial charge in [-0.1, -0.05) is 12.1 Å². The molecule has 114 valence electrons.